The van der Waals surface area contributed by atoms with Gasteiger partial charge in [0.15, 0.2) is 0 Å². The Morgan fingerprint density at radius 1 is 1.29 bits per heavy atom. The molecule has 1 aromatic carbocycles. The monoisotopic (exact) mass is 420 g/mol. The normalized spacial score (nSPS) is 19.1. The van der Waals surface area contributed by atoms with Crippen molar-refractivity contribution in [2.45, 2.75) is 52.5 Å². The number of anilines is 2. The fourth-order valence-electron chi connectivity index (χ4n) is 4.69. The number of carbonyl (C=O) groups excluding carboxylic acids is 3. The van der Waals surface area contributed by atoms with Crippen LogP contribution < -0.4 is 10.2 Å². The maximum absolute atomic E-state index is 13.3. The molecule has 2 aromatic rings. The lowest BCUT2D eigenvalue weighted by molar-refractivity contribution is -0.131. The average molecular weight is 421 g/mol. The van der Waals surface area contributed by atoms with Crippen LogP contribution in [0.5, 0.6) is 0 Å². The number of nitrogens with one attached hydrogen (secondary N) is 1. The van der Waals surface area contributed by atoms with E-state index in [1.165, 1.54) is 6.92 Å². The van der Waals surface area contributed by atoms with Crippen LogP contribution in [0.4, 0.5) is 11.4 Å². The number of aromatic nitrogens is 1. The van der Waals surface area contributed by atoms with Gasteiger partial charge < -0.3 is 15.1 Å². The van der Waals surface area contributed by atoms with E-state index in [2.05, 4.69) is 10.3 Å². The van der Waals surface area contributed by atoms with E-state index in [1.54, 1.807) is 11.1 Å². The van der Waals surface area contributed by atoms with Crippen molar-refractivity contribution in [1.82, 2.24) is 9.88 Å². The van der Waals surface area contributed by atoms with Crippen LogP contribution in [0.1, 0.15) is 56.0 Å². The number of hydrogen-bond acceptors (Lipinski definition) is 4. The number of carbonyl (C=O) groups is 3. The molecule has 2 aliphatic rings. The zero-order valence-electron chi connectivity index (χ0n) is 18.7. The van der Waals surface area contributed by atoms with E-state index in [9.17, 15) is 14.4 Å². The maximum atomic E-state index is 13.3. The molecule has 0 aliphatic carbocycles. The van der Waals surface area contributed by atoms with Crippen LogP contribution in [0.15, 0.2) is 30.5 Å². The van der Waals surface area contributed by atoms with Crippen LogP contribution in [-0.2, 0) is 26.3 Å². The Balaban J connectivity index is 1.67. The maximum Gasteiger partial charge on any atom is 0.237 e. The summed E-state index contributed by atoms with van der Waals surface area (Å²) in [6.07, 6.45) is 1.68. The Hall–Kier alpha value is -3.22. The molecule has 0 bridgehead atoms. The molecule has 0 spiro atoms. The smallest absolute Gasteiger partial charge is 0.237 e. The quantitative estimate of drug-likeness (QED) is 0.827. The highest BCUT2D eigenvalue weighted by atomic mass is 16.2. The summed E-state index contributed by atoms with van der Waals surface area (Å²) < 4.78 is 0. The number of pyridine rings is 1. The van der Waals surface area contributed by atoms with E-state index < -0.39 is 11.3 Å². The number of rotatable bonds is 3. The summed E-state index contributed by atoms with van der Waals surface area (Å²) in [5.41, 5.74) is 4.40. The Morgan fingerprint density at radius 3 is 2.71 bits per heavy atom. The van der Waals surface area contributed by atoms with Gasteiger partial charge in [-0.15, -0.1) is 0 Å². The first kappa shape index (κ1) is 21.0. The molecule has 0 saturated carbocycles. The zero-order chi connectivity index (χ0) is 22.5. The Labute approximate surface area is 182 Å². The minimum atomic E-state index is -0.652. The van der Waals surface area contributed by atoms with Gasteiger partial charge in [0.05, 0.1) is 22.7 Å². The van der Waals surface area contributed by atoms with Gasteiger partial charge in [-0.05, 0) is 62.6 Å². The minimum absolute atomic E-state index is 0.0686. The molecule has 7 heteroatoms. The van der Waals surface area contributed by atoms with Gasteiger partial charge in [-0.3, -0.25) is 19.4 Å². The molecule has 1 aromatic heterocycles. The summed E-state index contributed by atoms with van der Waals surface area (Å²) in [6, 6.07) is 7.53. The largest absolute Gasteiger partial charge is 0.337 e. The van der Waals surface area contributed by atoms with E-state index in [-0.39, 0.29) is 17.7 Å². The molecule has 4 rings (SSSR count). The number of amides is 3. The lowest BCUT2D eigenvalue weighted by Crippen LogP contribution is -2.41. The number of nitrogens with zero attached hydrogens (tertiary/aromatic N) is 3. The van der Waals surface area contributed by atoms with Crippen LogP contribution >= 0.6 is 0 Å². The summed E-state index contributed by atoms with van der Waals surface area (Å²) in [5.74, 6) is -0.761. The first-order valence-corrected chi connectivity index (χ1v) is 10.6. The zero-order valence-corrected chi connectivity index (χ0v) is 18.7. The second kappa shape index (κ2) is 7.48. The summed E-state index contributed by atoms with van der Waals surface area (Å²) in [5, 5.41) is 3.02. The van der Waals surface area contributed by atoms with E-state index in [4.69, 9.17) is 0 Å². The highest BCUT2D eigenvalue weighted by Gasteiger charge is 2.44. The van der Waals surface area contributed by atoms with Crippen LogP contribution in [0.25, 0.3) is 0 Å². The number of hydrogen-bond donors (Lipinski definition) is 1. The lowest BCUT2D eigenvalue weighted by atomic mass is 9.85. The molecule has 2 aliphatic heterocycles. The molecule has 0 fully saturated rings. The lowest BCUT2D eigenvalue weighted by Gasteiger charge is -2.32. The molecule has 1 atom stereocenters. The Kier molecular flexibility index (Phi) is 5.07. The fourth-order valence-corrected chi connectivity index (χ4v) is 4.69. The van der Waals surface area contributed by atoms with E-state index >= 15 is 0 Å². The summed E-state index contributed by atoms with van der Waals surface area (Å²) >= 11 is 0. The van der Waals surface area contributed by atoms with Crippen molar-refractivity contribution < 1.29 is 14.4 Å². The third-order valence-electron chi connectivity index (χ3n) is 6.39. The van der Waals surface area contributed by atoms with Crippen molar-refractivity contribution in [1.29, 1.82) is 0 Å². The molecule has 162 valence electrons. The highest BCUT2D eigenvalue weighted by Crippen LogP contribution is 2.45. The molecule has 0 radical (unpaired) electrons. The number of likely N-dealkylation sites (N-methyl/N-ethyl adjacent to an activating group) is 1. The van der Waals surface area contributed by atoms with Crippen molar-refractivity contribution in [3.8, 4) is 0 Å². The molecule has 7 nitrogen and oxygen atoms in total. The Bertz CT molecular complexity index is 1090. The van der Waals surface area contributed by atoms with Crippen molar-refractivity contribution in [3.63, 3.8) is 0 Å². The van der Waals surface area contributed by atoms with Gasteiger partial charge in [0.25, 0.3) is 0 Å². The fraction of sp³-hybridized carbons (Fsp3) is 0.417. The van der Waals surface area contributed by atoms with Crippen LogP contribution in [0.3, 0.4) is 0 Å². The van der Waals surface area contributed by atoms with E-state index in [1.807, 2.05) is 56.9 Å². The molecular weight excluding hydrogens is 392 g/mol. The highest BCUT2D eigenvalue weighted by molar-refractivity contribution is 6.09. The van der Waals surface area contributed by atoms with Gasteiger partial charge in [0.1, 0.15) is 0 Å². The second-order valence-electron chi connectivity index (χ2n) is 8.85. The third-order valence-corrected chi connectivity index (χ3v) is 6.39. The van der Waals surface area contributed by atoms with Crippen molar-refractivity contribution >= 4 is 29.1 Å². The molecule has 31 heavy (non-hydrogen) atoms. The molecule has 3 heterocycles. The number of benzene rings is 1. The van der Waals surface area contributed by atoms with Crippen molar-refractivity contribution in [3.05, 3.63) is 52.8 Å². The van der Waals surface area contributed by atoms with Crippen LogP contribution in [0.2, 0.25) is 0 Å². The predicted octanol–water partition coefficient (Wildman–Crippen LogP) is 3.12. The second-order valence-corrected chi connectivity index (χ2v) is 8.85. The third kappa shape index (κ3) is 3.38. The molecule has 1 N–H and O–H groups in total. The van der Waals surface area contributed by atoms with Crippen molar-refractivity contribution in [2.75, 3.05) is 23.3 Å². The number of aryl methyl sites for hydroxylation is 1. The molecule has 0 saturated heterocycles. The topological polar surface area (TPSA) is 82.6 Å². The van der Waals surface area contributed by atoms with Gasteiger partial charge >= 0.3 is 0 Å². The van der Waals surface area contributed by atoms with Gasteiger partial charge in [0, 0.05) is 38.4 Å². The Morgan fingerprint density at radius 2 is 2.03 bits per heavy atom. The summed E-state index contributed by atoms with van der Waals surface area (Å²) in [6.45, 7) is 10.6. The average Bonchev–Trinajstić information content (AvgIpc) is 2.93. The van der Waals surface area contributed by atoms with E-state index in [0.717, 1.165) is 22.4 Å². The van der Waals surface area contributed by atoms with Gasteiger partial charge in [0.2, 0.25) is 17.7 Å². The standard InChI is InChI=1S/C24H28N4O3/c1-6-28-21-14(2)10-17(11-19(21)24(4,5)23(28)31)26-22(30)18-13-27(15(3)29)12-16-8-7-9-25-20(16)18/h7-11,18H,6,12-13H2,1-5H3,(H,26,30). The van der Waals surface area contributed by atoms with Crippen LogP contribution in [0, 0.1) is 6.92 Å². The summed E-state index contributed by atoms with van der Waals surface area (Å²) in [7, 11) is 0. The van der Waals surface area contributed by atoms with Gasteiger partial charge in [-0.1, -0.05) is 6.07 Å². The molecule has 1 unspecified atom stereocenters. The van der Waals surface area contributed by atoms with Crippen molar-refractivity contribution in [2.24, 2.45) is 0 Å². The van der Waals surface area contributed by atoms with E-state index in [0.29, 0.717) is 31.0 Å². The summed E-state index contributed by atoms with van der Waals surface area (Å²) in [4.78, 5) is 46.1. The number of fused-ring (bicyclic) bond motifs is 2. The predicted molar refractivity (Wildman–Crippen MR) is 119 cm³/mol. The first-order chi connectivity index (χ1) is 14.6. The minimum Gasteiger partial charge on any atom is -0.337 e. The SMILES string of the molecule is CCN1C(=O)C(C)(C)c2cc(NC(=O)C3CN(C(C)=O)Cc4cccnc43)cc(C)c21. The first-order valence-electron chi connectivity index (χ1n) is 10.6. The van der Waals surface area contributed by atoms with Gasteiger partial charge in [-0.25, -0.2) is 0 Å². The van der Waals surface area contributed by atoms with Crippen LogP contribution in [-0.4, -0.2) is 40.7 Å². The van der Waals surface area contributed by atoms with Gasteiger partial charge in [-0.2, -0.15) is 0 Å². The molecular formula is C24H28N4O3. The molecule has 3 amide bonds.